The Labute approximate surface area is 106 Å². The molecule has 0 aromatic carbocycles. The molecule has 3 rings (SSSR count). The van der Waals surface area contributed by atoms with E-state index in [1.807, 2.05) is 0 Å². The minimum atomic E-state index is 0.828. The molecule has 0 aromatic rings. The fourth-order valence-electron chi connectivity index (χ4n) is 3.60. The van der Waals surface area contributed by atoms with Gasteiger partial charge in [-0.2, -0.15) is 0 Å². The van der Waals surface area contributed by atoms with Crippen LogP contribution in [0.1, 0.15) is 51.4 Å². The second-order valence-electron chi connectivity index (χ2n) is 6.73. The predicted octanol–water partition coefficient (Wildman–Crippen LogP) is 2.53. The molecule has 0 heterocycles. The van der Waals surface area contributed by atoms with Gasteiger partial charge in [0, 0.05) is 6.04 Å². The lowest BCUT2D eigenvalue weighted by atomic mass is 9.82. The third-order valence-corrected chi connectivity index (χ3v) is 5.20. The predicted molar refractivity (Wildman–Crippen MR) is 71.7 cm³/mol. The highest BCUT2D eigenvalue weighted by molar-refractivity contribution is 4.96. The van der Waals surface area contributed by atoms with Crippen molar-refractivity contribution < 1.29 is 0 Å². The van der Waals surface area contributed by atoms with Gasteiger partial charge in [0.1, 0.15) is 0 Å². The Morgan fingerprint density at radius 3 is 1.82 bits per heavy atom. The summed E-state index contributed by atoms with van der Waals surface area (Å²) in [7, 11) is 0. The zero-order valence-electron chi connectivity index (χ0n) is 11.0. The summed E-state index contributed by atoms with van der Waals surface area (Å²) in [5.41, 5.74) is 5.75. The number of nitrogens with two attached hydrogens (primary N) is 1. The molecule has 3 fully saturated rings. The summed E-state index contributed by atoms with van der Waals surface area (Å²) in [4.78, 5) is 0. The second-order valence-corrected chi connectivity index (χ2v) is 6.73. The van der Waals surface area contributed by atoms with Gasteiger partial charge in [0.15, 0.2) is 0 Å². The van der Waals surface area contributed by atoms with Crippen LogP contribution in [0.25, 0.3) is 0 Å². The molecule has 98 valence electrons. The molecule has 3 aliphatic carbocycles. The van der Waals surface area contributed by atoms with Gasteiger partial charge in [-0.25, -0.2) is 0 Å². The van der Waals surface area contributed by atoms with Crippen LogP contribution in [-0.4, -0.2) is 19.1 Å². The van der Waals surface area contributed by atoms with Gasteiger partial charge in [-0.1, -0.05) is 0 Å². The molecule has 0 spiro atoms. The summed E-state index contributed by atoms with van der Waals surface area (Å²) in [6.07, 6.45) is 11.6. The van der Waals surface area contributed by atoms with Gasteiger partial charge in [-0.3, -0.25) is 0 Å². The molecule has 17 heavy (non-hydrogen) atoms. The van der Waals surface area contributed by atoms with Crippen molar-refractivity contribution in [1.82, 2.24) is 5.32 Å². The third kappa shape index (κ3) is 3.23. The van der Waals surface area contributed by atoms with Gasteiger partial charge in [0.25, 0.3) is 0 Å². The number of hydrogen-bond acceptors (Lipinski definition) is 2. The standard InChI is InChI=1S/C15H28N2/c16-9-11-1-3-12(4-2-11)10-17-15(13-5-6-13)14-7-8-14/h11-15,17H,1-10,16H2. The quantitative estimate of drug-likeness (QED) is 0.744. The highest BCUT2D eigenvalue weighted by atomic mass is 14.9. The zero-order chi connectivity index (χ0) is 11.7. The maximum atomic E-state index is 5.75. The van der Waals surface area contributed by atoms with E-state index in [2.05, 4.69) is 5.32 Å². The van der Waals surface area contributed by atoms with Crippen LogP contribution < -0.4 is 11.1 Å². The number of hydrogen-bond donors (Lipinski definition) is 2. The van der Waals surface area contributed by atoms with Crippen LogP contribution >= 0.6 is 0 Å². The minimum absolute atomic E-state index is 0.828. The topological polar surface area (TPSA) is 38.0 Å². The van der Waals surface area contributed by atoms with Gasteiger partial charge < -0.3 is 11.1 Å². The first-order valence-corrected chi connectivity index (χ1v) is 7.80. The first-order chi connectivity index (χ1) is 8.36. The lowest BCUT2D eigenvalue weighted by Crippen LogP contribution is -2.38. The molecule has 0 aromatic heterocycles. The fraction of sp³-hybridized carbons (Fsp3) is 1.00. The van der Waals surface area contributed by atoms with Crippen molar-refractivity contribution in [3.63, 3.8) is 0 Å². The van der Waals surface area contributed by atoms with Crippen LogP contribution in [0, 0.1) is 23.7 Å². The molecule has 0 radical (unpaired) electrons. The monoisotopic (exact) mass is 236 g/mol. The Morgan fingerprint density at radius 2 is 1.35 bits per heavy atom. The minimum Gasteiger partial charge on any atom is -0.330 e. The molecule has 2 heteroatoms. The molecule has 3 N–H and O–H groups in total. The zero-order valence-corrected chi connectivity index (χ0v) is 11.0. The van der Waals surface area contributed by atoms with E-state index in [0.717, 1.165) is 36.3 Å². The van der Waals surface area contributed by atoms with E-state index in [1.165, 1.54) is 57.9 Å². The lowest BCUT2D eigenvalue weighted by Gasteiger charge is -2.29. The second kappa shape index (κ2) is 5.27. The van der Waals surface area contributed by atoms with Crippen LogP contribution in [0.3, 0.4) is 0 Å². The van der Waals surface area contributed by atoms with Crippen LogP contribution in [0.15, 0.2) is 0 Å². The average Bonchev–Trinajstić information content (AvgIpc) is 3.24. The van der Waals surface area contributed by atoms with E-state index in [0.29, 0.717) is 0 Å². The van der Waals surface area contributed by atoms with E-state index < -0.39 is 0 Å². The largest absolute Gasteiger partial charge is 0.330 e. The Balaban J connectivity index is 1.38. The number of rotatable bonds is 6. The van der Waals surface area contributed by atoms with Gasteiger partial charge in [-0.15, -0.1) is 0 Å². The van der Waals surface area contributed by atoms with Crippen molar-refractivity contribution in [2.75, 3.05) is 13.1 Å². The Kier molecular flexibility index (Phi) is 3.72. The van der Waals surface area contributed by atoms with Crippen molar-refractivity contribution in [2.45, 2.75) is 57.4 Å². The fourth-order valence-corrected chi connectivity index (χ4v) is 3.60. The van der Waals surface area contributed by atoms with E-state index in [9.17, 15) is 0 Å². The van der Waals surface area contributed by atoms with Crippen LogP contribution in [0.4, 0.5) is 0 Å². The molecule has 3 saturated carbocycles. The normalized spacial score (nSPS) is 34.2. The van der Waals surface area contributed by atoms with Crippen molar-refractivity contribution in [3.8, 4) is 0 Å². The summed E-state index contributed by atoms with van der Waals surface area (Å²) in [5, 5.41) is 3.91. The summed E-state index contributed by atoms with van der Waals surface area (Å²) in [6, 6.07) is 0.891. The molecule has 3 aliphatic rings. The lowest BCUT2D eigenvalue weighted by molar-refractivity contribution is 0.257. The first-order valence-electron chi connectivity index (χ1n) is 7.80. The van der Waals surface area contributed by atoms with E-state index in [-0.39, 0.29) is 0 Å². The van der Waals surface area contributed by atoms with Gasteiger partial charge in [0.05, 0.1) is 0 Å². The van der Waals surface area contributed by atoms with E-state index in [4.69, 9.17) is 5.73 Å². The van der Waals surface area contributed by atoms with Crippen molar-refractivity contribution in [2.24, 2.45) is 29.4 Å². The van der Waals surface area contributed by atoms with Crippen LogP contribution in [0.5, 0.6) is 0 Å². The molecule has 2 nitrogen and oxygen atoms in total. The maximum absolute atomic E-state index is 5.75. The third-order valence-electron chi connectivity index (χ3n) is 5.20. The molecular formula is C15H28N2. The molecule has 0 bridgehead atoms. The molecule has 0 unspecified atom stereocenters. The molecule has 0 amide bonds. The Bertz CT molecular complexity index is 225. The van der Waals surface area contributed by atoms with Crippen LogP contribution in [-0.2, 0) is 0 Å². The average molecular weight is 236 g/mol. The molecule has 0 atom stereocenters. The summed E-state index contributed by atoms with van der Waals surface area (Å²) in [5.74, 6) is 3.86. The molecular weight excluding hydrogens is 208 g/mol. The van der Waals surface area contributed by atoms with E-state index in [1.54, 1.807) is 0 Å². The molecule has 0 saturated heterocycles. The Morgan fingerprint density at radius 1 is 0.824 bits per heavy atom. The van der Waals surface area contributed by atoms with Gasteiger partial charge in [-0.05, 0) is 88.1 Å². The maximum Gasteiger partial charge on any atom is 0.0124 e. The summed E-state index contributed by atoms with van der Waals surface area (Å²) < 4.78 is 0. The van der Waals surface area contributed by atoms with Crippen molar-refractivity contribution in [3.05, 3.63) is 0 Å². The highest BCUT2D eigenvalue weighted by Gasteiger charge is 2.41. The number of nitrogens with one attached hydrogen (secondary N) is 1. The first kappa shape index (κ1) is 12.0. The van der Waals surface area contributed by atoms with Crippen molar-refractivity contribution in [1.29, 1.82) is 0 Å². The van der Waals surface area contributed by atoms with E-state index >= 15 is 0 Å². The van der Waals surface area contributed by atoms with Gasteiger partial charge in [0.2, 0.25) is 0 Å². The summed E-state index contributed by atoms with van der Waals surface area (Å²) in [6.45, 7) is 2.20. The molecule has 0 aliphatic heterocycles. The summed E-state index contributed by atoms with van der Waals surface area (Å²) >= 11 is 0. The van der Waals surface area contributed by atoms with Gasteiger partial charge >= 0.3 is 0 Å². The highest BCUT2D eigenvalue weighted by Crippen LogP contribution is 2.44. The van der Waals surface area contributed by atoms with Crippen LogP contribution in [0.2, 0.25) is 0 Å². The Hall–Kier alpha value is -0.0800. The smallest absolute Gasteiger partial charge is 0.0124 e. The van der Waals surface area contributed by atoms with Crippen molar-refractivity contribution >= 4 is 0 Å². The SMILES string of the molecule is NCC1CCC(CNC(C2CC2)C2CC2)CC1.